The van der Waals surface area contributed by atoms with E-state index in [1.807, 2.05) is 0 Å². The lowest BCUT2D eigenvalue weighted by molar-refractivity contribution is 0.467. The van der Waals surface area contributed by atoms with Crippen LogP contribution in [-0.2, 0) is 0 Å². The third-order valence-electron chi connectivity index (χ3n) is 4.47. The van der Waals surface area contributed by atoms with Crippen LogP contribution in [0.1, 0.15) is 37.5 Å². The quantitative estimate of drug-likeness (QED) is 0.908. The predicted octanol–water partition coefficient (Wildman–Crippen LogP) is 3.86. The summed E-state index contributed by atoms with van der Waals surface area (Å²) in [5.41, 5.74) is 6.08. The van der Waals surface area contributed by atoms with Gasteiger partial charge in [0.15, 0.2) is 0 Å². The van der Waals surface area contributed by atoms with Gasteiger partial charge < -0.3 is 10.1 Å². The second-order valence-corrected chi connectivity index (χ2v) is 5.87. The summed E-state index contributed by atoms with van der Waals surface area (Å²) in [4.78, 5) is 0. The molecule has 1 aliphatic heterocycles. The summed E-state index contributed by atoms with van der Waals surface area (Å²) in [6.07, 6.45) is 2.13. The van der Waals surface area contributed by atoms with Gasteiger partial charge in [-0.2, -0.15) is 0 Å². The zero-order valence-electron chi connectivity index (χ0n) is 14.0. The zero-order valence-corrected chi connectivity index (χ0v) is 14.0. The number of rotatable bonds is 2. The molecule has 0 aromatic heterocycles. The van der Waals surface area contributed by atoms with Crippen LogP contribution in [0.5, 0.6) is 11.5 Å². The van der Waals surface area contributed by atoms with Gasteiger partial charge in [-0.05, 0) is 62.6 Å². The minimum atomic E-state index is 0.910. The Morgan fingerprint density at radius 1 is 1.14 bits per heavy atom. The molecular weight excluding hydrogens is 270 g/mol. The maximum Gasteiger partial charge on any atom is 0.138 e. The summed E-state index contributed by atoms with van der Waals surface area (Å²) in [5, 5.41) is 5.84. The van der Waals surface area contributed by atoms with Crippen LogP contribution in [0.2, 0.25) is 0 Å². The van der Waals surface area contributed by atoms with Crippen LogP contribution in [0.4, 0.5) is 5.69 Å². The Kier molecular flexibility index (Phi) is 3.69. The van der Waals surface area contributed by atoms with E-state index in [4.69, 9.17) is 4.74 Å². The molecule has 1 aliphatic rings. The Balaban J connectivity index is 2.29. The summed E-state index contributed by atoms with van der Waals surface area (Å²) in [6.45, 7) is 11.5. The number of hydrogen-bond donors (Lipinski definition) is 1. The van der Waals surface area contributed by atoms with Gasteiger partial charge in [-0.3, -0.25) is 0 Å². The van der Waals surface area contributed by atoms with Crippen molar-refractivity contribution in [1.82, 2.24) is 0 Å². The SMILES string of the molecule is C/C=c1\ccc2c(c1C)Oc1cc(NCC)c(C)cc1C=2C. The summed E-state index contributed by atoms with van der Waals surface area (Å²) in [5.74, 6) is 1.94. The standard InChI is InChI=1S/C20H23NO/c1-6-15-8-9-16-14(5)17-10-12(3)18(21-7-2)11-19(17)22-20(16)13(15)4/h6,8-11,21H,7H2,1-5H3/b15-6+. The fourth-order valence-corrected chi connectivity index (χ4v) is 3.15. The van der Waals surface area contributed by atoms with Crippen molar-refractivity contribution in [2.24, 2.45) is 0 Å². The van der Waals surface area contributed by atoms with Crippen LogP contribution in [0, 0.1) is 13.8 Å². The number of ether oxygens (including phenoxy) is 1. The van der Waals surface area contributed by atoms with Crippen LogP contribution in [0.3, 0.4) is 0 Å². The van der Waals surface area contributed by atoms with E-state index in [1.54, 1.807) is 0 Å². The maximum atomic E-state index is 6.28. The molecule has 0 spiro atoms. The van der Waals surface area contributed by atoms with E-state index >= 15 is 0 Å². The first-order valence-corrected chi connectivity index (χ1v) is 7.90. The fraction of sp³-hybridized carbons (Fsp3) is 0.300. The molecule has 0 bridgehead atoms. The molecule has 22 heavy (non-hydrogen) atoms. The molecule has 0 aliphatic carbocycles. The molecule has 0 saturated carbocycles. The summed E-state index contributed by atoms with van der Waals surface area (Å²) >= 11 is 0. The third-order valence-corrected chi connectivity index (χ3v) is 4.47. The van der Waals surface area contributed by atoms with E-state index in [-0.39, 0.29) is 0 Å². The van der Waals surface area contributed by atoms with Crippen molar-refractivity contribution >= 4 is 17.3 Å². The fourth-order valence-electron chi connectivity index (χ4n) is 3.15. The van der Waals surface area contributed by atoms with Gasteiger partial charge in [0.25, 0.3) is 0 Å². The molecule has 2 heteroatoms. The molecule has 0 atom stereocenters. The first kappa shape index (κ1) is 14.7. The molecular formula is C20H23NO. The molecule has 0 fully saturated rings. The van der Waals surface area contributed by atoms with Gasteiger partial charge in [-0.15, -0.1) is 0 Å². The molecule has 3 rings (SSSR count). The Morgan fingerprint density at radius 3 is 2.59 bits per heavy atom. The Hall–Kier alpha value is -2.22. The highest BCUT2D eigenvalue weighted by atomic mass is 16.5. The number of anilines is 1. The van der Waals surface area contributed by atoms with Gasteiger partial charge >= 0.3 is 0 Å². The molecule has 0 radical (unpaired) electrons. The molecule has 2 nitrogen and oxygen atoms in total. The Morgan fingerprint density at radius 2 is 1.91 bits per heavy atom. The van der Waals surface area contributed by atoms with Crippen molar-refractivity contribution in [3.8, 4) is 11.5 Å². The first-order valence-electron chi connectivity index (χ1n) is 7.90. The third kappa shape index (κ3) is 2.19. The molecule has 2 aromatic rings. The van der Waals surface area contributed by atoms with Gasteiger partial charge in [0.1, 0.15) is 11.5 Å². The van der Waals surface area contributed by atoms with Crippen LogP contribution in [-0.4, -0.2) is 6.54 Å². The van der Waals surface area contributed by atoms with E-state index in [0.717, 1.165) is 23.7 Å². The largest absolute Gasteiger partial charge is 0.456 e. The first-order chi connectivity index (χ1) is 10.6. The topological polar surface area (TPSA) is 21.3 Å². The van der Waals surface area contributed by atoms with Crippen LogP contribution in [0.15, 0.2) is 24.3 Å². The summed E-state index contributed by atoms with van der Waals surface area (Å²) in [6, 6.07) is 8.69. The molecule has 0 unspecified atom stereocenters. The van der Waals surface area contributed by atoms with Crippen LogP contribution < -0.4 is 20.5 Å². The zero-order chi connectivity index (χ0) is 15.9. The van der Waals surface area contributed by atoms with Gasteiger partial charge in [0, 0.05) is 29.1 Å². The van der Waals surface area contributed by atoms with E-state index in [0.29, 0.717) is 0 Å². The molecule has 114 valence electrons. The lowest BCUT2D eigenvalue weighted by atomic mass is 9.96. The predicted molar refractivity (Wildman–Crippen MR) is 94.2 cm³/mol. The van der Waals surface area contributed by atoms with E-state index in [9.17, 15) is 0 Å². The highest BCUT2D eigenvalue weighted by molar-refractivity contribution is 5.77. The minimum Gasteiger partial charge on any atom is -0.456 e. The average Bonchev–Trinajstić information content (AvgIpc) is 2.51. The van der Waals surface area contributed by atoms with Gasteiger partial charge in [0.05, 0.1) is 0 Å². The van der Waals surface area contributed by atoms with E-state index in [1.165, 1.54) is 32.7 Å². The normalized spacial score (nSPS) is 13.5. The number of nitrogens with one attached hydrogen (secondary N) is 1. The highest BCUT2D eigenvalue weighted by Crippen LogP contribution is 2.36. The van der Waals surface area contributed by atoms with E-state index < -0.39 is 0 Å². The number of benzene rings is 2. The van der Waals surface area contributed by atoms with Crippen molar-refractivity contribution < 1.29 is 4.74 Å². The van der Waals surface area contributed by atoms with Crippen molar-refractivity contribution in [3.63, 3.8) is 0 Å². The van der Waals surface area contributed by atoms with Gasteiger partial charge in [-0.1, -0.05) is 18.2 Å². The van der Waals surface area contributed by atoms with Crippen LogP contribution in [0.25, 0.3) is 11.6 Å². The van der Waals surface area contributed by atoms with Crippen molar-refractivity contribution in [2.75, 3.05) is 11.9 Å². The molecule has 2 aromatic carbocycles. The average molecular weight is 293 g/mol. The second kappa shape index (κ2) is 5.53. The van der Waals surface area contributed by atoms with Gasteiger partial charge in [-0.25, -0.2) is 0 Å². The van der Waals surface area contributed by atoms with Crippen molar-refractivity contribution in [1.29, 1.82) is 0 Å². The molecule has 0 saturated heterocycles. The Bertz CT molecular complexity index is 862. The van der Waals surface area contributed by atoms with Gasteiger partial charge in [0.2, 0.25) is 0 Å². The second-order valence-electron chi connectivity index (χ2n) is 5.87. The lowest BCUT2D eigenvalue weighted by Crippen LogP contribution is -2.21. The van der Waals surface area contributed by atoms with Crippen molar-refractivity contribution in [2.45, 2.75) is 34.6 Å². The van der Waals surface area contributed by atoms with Crippen LogP contribution >= 0.6 is 0 Å². The van der Waals surface area contributed by atoms with Crippen molar-refractivity contribution in [3.05, 3.63) is 51.4 Å². The Labute approximate surface area is 132 Å². The minimum absolute atomic E-state index is 0.910. The molecule has 1 N–H and O–H groups in total. The molecule has 1 heterocycles. The number of hydrogen-bond acceptors (Lipinski definition) is 2. The smallest absolute Gasteiger partial charge is 0.138 e. The maximum absolute atomic E-state index is 6.28. The monoisotopic (exact) mass is 293 g/mol. The summed E-state index contributed by atoms with van der Waals surface area (Å²) < 4.78 is 6.28. The molecule has 0 amide bonds. The number of aryl methyl sites for hydroxylation is 1. The van der Waals surface area contributed by atoms with E-state index in [2.05, 4.69) is 70.3 Å². The highest BCUT2D eigenvalue weighted by Gasteiger charge is 2.19. The number of fused-ring (bicyclic) bond motifs is 2. The summed E-state index contributed by atoms with van der Waals surface area (Å²) in [7, 11) is 0. The lowest BCUT2D eigenvalue weighted by Gasteiger charge is -2.22.